The predicted molar refractivity (Wildman–Crippen MR) is 131 cm³/mol. The van der Waals surface area contributed by atoms with Crippen molar-refractivity contribution in [3.8, 4) is 5.75 Å². The quantitative estimate of drug-likeness (QED) is 0.127. The number of benzene rings is 2. The van der Waals surface area contributed by atoms with E-state index in [1.165, 1.54) is 55.5 Å². The van der Waals surface area contributed by atoms with E-state index in [1.807, 2.05) is 6.92 Å². The molecule has 11 heteroatoms. The number of nitrogens with zero attached hydrogens (tertiary/aromatic N) is 2. The lowest BCUT2D eigenvalue weighted by molar-refractivity contribution is -0.384. The molecule has 1 saturated heterocycles. The molecule has 0 bridgehead atoms. The van der Waals surface area contributed by atoms with Crippen molar-refractivity contribution in [1.82, 2.24) is 4.90 Å². The maximum absolute atomic E-state index is 12.8. The Morgan fingerprint density at radius 2 is 1.58 bits per heavy atom. The van der Waals surface area contributed by atoms with Gasteiger partial charge in [0.25, 0.3) is 5.69 Å². The van der Waals surface area contributed by atoms with E-state index in [1.54, 1.807) is 0 Å². The number of nitro groups is 1. The van der Waals surface area contributed by atoms with E-state index in [0.717, 1.165) is 11.3 Å². The van der Waals surface area contributed by atoms with E-state index in [2.05, 4.69) is 0 Å². The molecule has 4 unspecified atom stereocenters. The number of amides is 2. The molecular formula is C27H26N2O9. The second kappa shape index (κ2) is 10.9. The number of hydrogen-bond acceptors (Lipinski definition) is 9. The highest BCUT2D eigenvalue weighted by atomic mass is 16.6. The molecule has 2 aliphatic rings. The molecule has 2 fully saturated rings. The third-order valence-electron chi connectivity index (χ3n) is 7.00. The van der Waals surface area contributed by atoms with Gasteiger partial charge in [-0.25, -0.2) is 9.59 Å². The van der Waals surface area contributed by atoms with Crippen LogP contribution < -0.4 is 4.74 Å². The van der Waals surface area contributed by atoms with Crippen LogP contribution in [0.4, 0.5) is 5.69 Å². The van der Waals surface area contributed by atoms with Crippen LogP contribution in [0.3, 0.4) is 0 Å². The molecule has 0 spiro atoms. The first-order chi connectivity index (χ1) is 18.1. The van der Waals surface area contributed by atoms with Crippen LogP contribution in [-0.4, -0.2) is 52.0 Å². The SMILES string of the molecule is CC1CCC2C(=O)N(C(C)C(=O)OCC(=O)c3ccc(OC(=O)c4ccc([N+](=O)[O-])cc4)cc3)C(=O)C2C1. The molecule has 2 aromatic rings. The Bertz CT molecular complexity index is 1290. The lowest BCUT2D eigenvalue weighted by Crippen LogP contribution is -2.44. The minimum atomic E-state index is -1.13. The Morgan fingerprint density at radius 3 is 2.21 bits per heavy atom. The number of non-ortho nitro benzene ring substituents is 1. The number of ether oxygens (including phenoxy) is 2. The largest absolute Gasteiger partial charge is 0.456 e. The van der Waals surface area contributed by atoms with Gasteiger partial charge in [-0.3, -0.25) is 29.4 Å². The van der Waals surface area contributed by atoms with Crippen LogP contribution in [0.15, 0.2) is 48.5 Å². The van der Waals surface area contributed by atoms with Crippen LogP contribution in [-0.2, 0) is 19.1 Å². The van der Waals surface area contributed by atoms with E-state index in [4.69, 9.17) is 9.47 Å². The van der Waals surface area contributed by atoms with Gasteiger partial charge in [-0.1, -0.05) is 6.92 Å². The second-order valence-corrected chi connectivity index (χ2v) is 9.60. The molecule has 1 aliphatic carbocycles. The highest BCUT2D eigenvalue weighted by molar-refractivity contribution is 6.08. The first kappa shape index (κ1) is 26.6. The number of hydrogen-bond donors (Lipinski definition) is 0. The minimum Gasteiger partial charge on any atom is -0.456 e. The first-order valence-electron chi connectivity index (χ1n) is 12.2. The van der Waals surface area contributed by atoms with Crippen molar-refractivity contribution in [2.75, 3.05) is 6.61 Å². The fraction of sp³-hybridized carbons (Fsp3) is 0.370. The summed E-state index contributed by atoms with van der Waals surface area (Å²) in [5, 5.41) is 10.7. The lowest BCUT2D eigenvalue weighted by Gasteiger charge is -2.25. The number of nitro benzene ring substituents is 1. The minimum absolute atomic E-state index is 0.112. The molecule has 2 aromatic carbocycles. The average Bonchev–Trinajstić information content (AvgIpc) is 3.15. The smallest absolute Gasteiger partial charge is 0.343 e. The maximum atomic E-state index is 12.8. The lowest BCUT2D eigenvalue weighted by atomic mass is 9.76. The Labute approximate surface area is 217 Å². The summed E-state index contributed by atoms with van der Waals surface area (Å²) in [6.07, 6.45) is 2.09. The molecule has 2 amide bonds. The summed E-state index contributed by atoms with van der Waals surface area (Å²) in [4.78, 5) is 74.0. The Kier molecular flexibility index (Phi) is 7.65. The summed E-state index contributed by atoms with van der Waals surface area (Å²) in [6, 6.07) is 9.31. The monoisotopic (exact) mass is 522 g/mol. The number of esters is 2. The molecule has 11 nitrogen and oxygen atoms in total. The van der Waals surface area contributed by atoms with E-state index < -0.39 is 47.1 Å². The van der Waals surface area contributed by atoms with Gasteiger partial charge < -0.3 is 9.47 Å². The van der Waals surface area contributed by atoms with Crippen molar-refractivity contribution < 1.29 is 38.4 Å². The summed E-state index contributed by atoms with van der Waals surface area (Å²) in [5.41, 5.74) is 0.139. The molecular weight excluding hydrogens is 496 g/mol. The second-order valence-electron chi connectivity index (χ2n) is 9.60. The molecule has 0 aromatic heterocycles. The third kappa shape index (κ3) is 5.46. The van der Waals surface area contributed by atoms with E-state index in [-0.39, 0.29) is 34.4 Å². The van der Waals surface area contributed by atoms with Gasteiger partial charge in [0.2, 0.25) is 11.8 Å². The zero-order valence-electron chi connectivity index (χ0n) is 20.8. The van der Waals surface area contributed by atoms with Gasteiger partial charge in [0, 0.05) is 17.7 Å². The van der Waals surface area contributed by atoms with E-state index in [9.17, 15) is 34.1 Å². The van der Waals surface area contributed by atoms with Gasteiger partial charge in [-0.15, -0.1) is 0 Å². The van der Waals surface area contributed by atoms with Crippen molar-refractivity contribution in [1.29, 1.82) is 0 Å². The van der Waals surface area contributed by atoms with Crippen LogP contribution in [0.2, 0.25) is 0 Å². The van der Waals surface area contributed by atoms with Gasteiger partial charge in [-0.2, -0.15) is 0 Å². The van der Waals surface area contributed by atoms with E-state index >= 15 is 0 Å². The van der Waals surface area contributed by atoms with Crippen LogP contribution in [0.5, 0.6) is 5.75 Å². The van der Waals surface area contributed by atoms with Gasteiger partial charge in [0.15, 0.2) is 12.4 Å². The zero-order chi connectivity index (χ0) is 27.6. The Morgan fingerprint density at radius 1 is 0.974 bits per heavy atom. The van der Waals surface area contributed by atoms with Crippen molar-refractivity contribution >= 4 is 35.2 Å². The highest BCUT2D eigenvalue weighted by Gasteiger charge is 2.52. The molecule has 1 aliphatic heterocycles. The number of carbonyl (C=O) groups excluding carboxylic acids is 5. The normalized spacial score (nSPS) is 21.4. The third-order valence-corrected chi connectivity index (χ3v) is 7.00. The number of Topliss-reactive ketones (excluding diaryl/α,β-unsaturated/α-hetero) is 1. The molecule has 1 saturated carbocycles. The molecule has 38 heavy (non-hydrogen) atoms. The highest BCUT2D eigenvalue weighted by Crippen LogP contribution is 2.41. The van der Waals surface area contributed by atoms with Crippen LogP contribution in [0.25, 0.3) is 0 Å². The summed E-state index contributed by atoms with van der Waals surface area (Å²) < 4.78 is 10.3. The summed E-state index contributed by atoms with van der Waals surface area (Å²) in [7, 11) is 0. The standard InChI is InChI=1S/C27H26N2O9/c1-15-3-12-21-22(13-15)25(32)28(24(21)31)16(2)26(33)37-14-23(30)17-6-10-20(11-7-17)38-27(34)18-4-8-19(9-5-18)29(35)36/h4-11,15-16,21-22H,3,12-14H2,1-2H3. The fourth-order valence-corrected chi connectivity index (χ4v) is 4.84. The maximum Gasteiger partial charge on any atom is 0.343 e. The molecule has 0 radical (unpaired) electrons. The number of rotatable bonds is 8. The van der Waals surface area contributed by atoms with Crippen molar-refractivity contribution in [3.63, 3.8) is 0 Å². The van der Waals surface area contributed by atoms with Gasteiger partial charge in [0.1, 0.15) is 11.8 Å². The van der Waals surface area contributed by atoms with Crippen molar-refractivity contribution in [2.45, 2.75) is 39.2 Å². The number of carbonyl (C=O) groups is 5. The molecule has 0 N–H and O–H groups in total. The molecule has 1 heterocycles. The Balaban J connectivity index is 1.30. The predicted octanol–water partition coefficient (Wildman–Crippen LogP) is 3.35. The van der Waals surface area contributed by atoms with Crippen LogP contribution in [0.1, 0.15) is 53.8 Å². The van der Waals surface area contributed by atoms with Crippen LogP contribution >= 0.6 is 0 Å². The Hall–Kier alpha value is -4.41. The van der Waals surface area contributed by atoms with Gasteiger partial charge >= 0.3 is 11.9 Å². The number of ketones is 1. The van der Waals surface area contributed by atoms with Crippen molar-refractivity contribution in [2.24, 2.45) is 17.8 Å². The molecule has 4 atom stereocenters. The average molecular weight is 523 g/mol. The molecule has 198 valence electrons. The van der Waals surface area contributed by atoms with Gasteiger partial charge in [0.05, 0.1) is 22.3 Å². The topological polar surface area (TPSA) is 150 Å². The number of imide groups is 1. The number of likely N-dealkylation sites (tertiary alicyclic amines) is 1. The molecule has 4 rings (SSSR count). The summed E-state index contributed by atoms with van der Waals surface area (Å²) in [5.74, 6) is -3.16. The summed E-state index contributed by atoms with van der Waals surface area (Å²) >= 11 is 0. The van der Waals surface area contributed by atoms with Gasteiger partial charge in [-0.05, 0) is 68.5 Å². The first-order valence-corrected chi connectivity index (χ1v) is 12.2. The van der Waals surface area contributed by atoms with Crippen LogP contribution in [0, 0.1) is 27.9 Å². The zero-order valence-corrected chi connectivity index (χ0v) is 20.8. The van der Waals surface area contributed by atoms with Crippen molar-refractivity contribution in [3.05, 3.63) is 69.8 Å². The van der Waals surface area contributed by atoms with E-state index in [0.29, 0.717) is 18.8 Å². The summed E-state index contributed by atoms with van der Waals surface area (Å²) in [6.45, 7) is 2.86. The number of fused-ring (bicyclic) bond motifs is 1. The fourth-order valence-electron chi connectivity index (χ4n) is 4.84.